The fraction of sp³-hybridized carbons (Fsp3) is 0.200. The fourth-order valence-electron chi connectivity index (χ4n) is 1.90. The zero-order valence-electron chi connectivity index (χ0n) is 11.2. The van der Waals surface area contributed by atoms with Gasteiger partial charge in [0, 0.05) is 18.9 Å². The summed E-state index contributed by atoms with van der Waals surface area (Å²) in [6.07, 6.45) is 5.69. The summed E-state index contributed by atoms with van der Waals surface area (Å²) in [4.78, 5) is 11.8. The molecule has 104 valence electrons. The molecule has 0 aliphatic carbocycles. The summed E-state index contributed by atoms with van der Waals surface area (Å²) in [6.45, 7) is 3.99. The van der Waals surface area contributed by atoms with Gasteiger partial charge < -0.3 is 11.1 Å². The minimum Gasteiger partial charge on any atom is -0.351 e. The maximum absolute atomic E-state index is 11.8. The van der Waals surface area contributed by atoms with Crippen LogP contribution in [0.3, 0.4) is 0 Å². The number of hydrogen-bond donors (Lipinski definition) is 2. The monoisotopic (exact) mass is 270 g/mol. The Labute approximate surface area is 118 Å². The Kier molecular flexibility index (Phi) is 4.68. The van der Waals surface area contributed by atoms with Gasteiger partial charge in [-0.05, 0) is 24.1 Å². The second-order valence-corrected chi connectivity index (χ2v) is 4.43. The Bertz CT molecular complexity index is 577. The molecule has 5 nitrogen and oxygen atoms in total. The molecule has 0 bridgehead atoms. The largest absolute Gasteiger partial charge is 0.351 e. The van der Waals surface area contributed by atoms with Crippen LogP contribution >= 0.6 is 0 Å². The van der Waals surface area contributed by atoms with E-state index in [4.69, 9.17) is 5.73 Å². The SMILES string of the molecule is C=CCC(N)C(=O)NCc1ccccc1-n1cccn1. The molecule has 0 fully saturated rings. The van der Waals surface area contributed by atoms with E-state index in [1.54, 1.807) is 17.0 Å². The lowest BCUT2D eigenvalue weighted by molar-refractivity contribution is -0.122. The van der Waals surface area contributed by atoms with Crippen LogP contribution in [0.5, 0.6) is 0 Å². The third-order valence-electron chi connectivity index (χ3n) is 2.95. The first-order chi connectivity index (χ1) is 9.72. The summed E-state index contributed by atoms with van der Waals surface area (Å²) in [7, 11) is 0. The molecule has 0 radical (unpaired) electrons. The Morgan fingerprint density at radius 3 is 2.95 bits per heavy atom. The van der Waals surface area contributed by atoms with Crippen LogP contribution in [-0.2, 0) is 11.3 Å². The number of hydrogen-bond acceptors (Lipinski definition) is 3. The number of nitrogens with one attached hydrogen (secondary N) is 1. The smallest absolute Gasteiger partial charge is 0.237 e. The molecule has 0 aliphatic heterocycles. The van der Waals surface area contributed by atoms with Crippen LogP contribution in [-0.4, -0.2) is 21.7 Å². The Hall–Kier alpha value is -2.40. The zero-order valence-corrected chi connectivity index (χ0v) is 11.2. The van der Waals surface area contributed by atoms with E-state index < -0.39 is 6.04 Å². The van der Waals surface area contributed by atoms with E-state index in [1.165, 1.54) is 0 Å². The van der Waals surface area contributed by atoms with E-state index in [1.807, 2.05) is 36.5 Å². The van der Waals surface area contributed by atoms with E-state index in [0.717, 1.165) is 11.3 Å². The summed E-state index contributed by atoms with van der Waals surface area (Å²) < 4.78 is 1.77. The highest BCUT2D eigenvalue weighted by atomic mass is 16.2. The van der Waals surface area contributed by atoms with E-state index in [9.17, 15) is 4.79 Å². The van der Waals surface area contributed by atoms with Crippen LogP contribution in [0.4, 0.5) is 0 Å². The van der Waals surface area contributed by atoms with Crippen LogP contribution in [0.15, 0.2) is 55.4 Å². The fourth-order valence-corrected chi connectivity index (χ4v) is 1.90. The first-order valence-electron chi connectivity index (χ1n) is 6.44. The number of rotatable bonds is 6. The molecule has 1 heterocycles. The topological polar surface area (TPSA) is 72.9 Å². The quantitative estimate of drug-likeness (QED) is 0.779. The third kappa shape index (κ3) is 3.33. The van der Waals surface area contributed by atoms with Crippen molar-refractivity contribution >= 4 is 5.91 Å². The highest BCUT2D eigenvalue weighted by molar-refractivity contribution is 5.81. The van der Waals surface area contributed by atoms with Gasteiger partial charge in [-0.1, -0.05) is 24.3 Å². The lowest BCUT2D eigenvalue weighted by Gasteiger charge is -2.13. The molecular weight excluding hydrogens is 252 g/mol. The van der Waals surface area contributed by atoms with E-state index >= 15 is 0 Å². The molecule has 5 heteroatoms. The molecule has 1 unspecified atom stereocenters. The predicted molar refractivity (Wildman–Crippen MR) is 78.2 cm³/mol. The molecule has 0 spiro atoms. The van der Waals surface area contributed by atoms with Crippen molar-refractivity contribution in [1.29, 1.82) is 0 Å². The number of amides is 1. The molecular formula is C15H18N4O. The average molecular weight is 270 g/mol. The molecule has 0 saturated carbocycles. The average Bonchev–Trinajstić information content (AvgIpc) is 2.99. The van der Waals surface area contributed by atoms with Gasteiger partial charge in [0.25, 0.3) is 0 Å². The van der Waals surface area contributed by atoms with Crippen molar-refractivity contribution in [3.63, 3.8) is 0 Å². The molecule has 1 amide bonds. The van der Waals surface area contributed by atoms with E-state index in [-0.39, 0.29) is 5.91 Å². The summed E-state index contributed by atoms with van der Waals surface area (Å²) in [6, 6.07) is 9.08. The normalized spacial score (nSPS) is 11.8. The Balaban J connectivity index is 2.07. The van der Waals surface area contributed by atoms with Crippen LogP contribution in [0.25, 0.3) is 5.69 Å². The molecule has 3 N–H and O–H groups in total. The molecule has 1 atom stereocenters. The zero-order chi connectivity index (χ0) is 14.4. The van der Waals surface area contributed by atoms with Gasteiger partial charge in [-0.3, -0.25) is 4.79 Å². The first-order valence-corrected chi connectivity index (χ1v) is 6.44. The van der Waals surface area contributed by atoms with Gasteiger partial charge in [-0.2, -0.15) is 5.10 Å². The lowest BCUT2D eigenvalue weighted by atomic mass is 10.1. The summed E-state index contributed by atoms with van der Waals surface area (Å²) in [5, 5.41) is 7.04. The van der Waals surface area contributed by atoms with Crippen LogP contribution < -0.4 is 11.1 Å². The standard InChI is InChI=1S/C15H18N4O/c1-2-6-13(16)15(20)17-11-12-7-3-4-8-14(12)19-10-5-9-18-19/h2-5,7-10,13H,1,6,11,16H2,(H,17,20). The third-order valence-corrected chi connectivity index (χ3v) is 2.95. The Morgan fingerprint density at radius 1 is 1.45 bits per heavy atom. The summed E-state index contributed by atoms with van der Waals surface area (Å²) >= 11 is 0. The molecule has 0 saturated heterocycles. The molecule has 0 aliphatic rings. The van der Waals surface area contributed by atoms with Gasteiger partial charge in [0.15, 0.2) is 0 Å². The summed E-state index contributed by atoms with van der Waals surface area (Å²) in [5.74, 6) is -0.180. The number of nitrogens with two attached hydrogens (primary N) is 1. The van der Waals surface area contributed by atoms with Gasteiger partial charge in [-0.25, -0.2) is 4.68 Å². The first kappa shape index (κ1) is 14.0. The van der Waals surface area contributed by atoms with Crippen molar-refractivity contribution in [2.24, 2.45) is 5.73 Å². The van der Waals surface area contributed by atoms with Crippen molar-refractivity contribution in [2.75, 3.05) is 0 Å². The Morgan fingerprint density at radius 2 is 2.25 bits per heavy atom. The lowest BCUT2D eigenvalue weighted by Crippen LogP contribution is -2.39. The molecule has 1 aromatic carbocycles. The molecule has 2 aromatic rings. The minimum atomic E-state index is -0.552. The highest BCUT2D eigenvalue weighted by Crippen LogP contribution is 2.13. The van der Waals surface area contributed by atoms with Crippen molar-refractivity contribution < 1.29 is 4.79 Å². The van der Waals surface area contributed by atoms with Crippen LogP contribution in [0.2, 0.25) is 0 Å². The second-order valence-electron chi connectivity index (χ2n) is 4.43. The van der Waals surface area contributed by atoms with Gasteiger partial charge in [0.2, 0.25) is 5.91 Å². The minimum absolute atomic E-state index is 0.180. The second kappa shape index (κ2) is 6.68. The number of aromatic nitrogens is 2. The highest BCUT2D eigenvalue weighted by Gasteiger charge is 2.12. The number of para-hydroxylation sites is 1. The predicted octanol–water partition coefficient (Wildman–Crippen LogP) is 1.39. The summed E-state index contributed by atoms with van der Waals surface area (Å²) in [5.41, 5.74) is 7.65. The van der Waals surface area contributed by atoms with Crippen molar-refractivity contribution in [1.82, 2.24) is 15.1 Å². The van der Waals surface area contributed by atoms with Gasteiger partial charge in [-0.15, -0.1) is 6.58 Å². The molecule has 20 heavy (non-hydrogen) atoms. The number of carbonyl (C=O) groups is 1. The maximum atomic E-state index is 11.8. The number of benzene rings is 1. The van der Waals surface area contributed by atoms with Crippen molar-refractivity contribution in [3.05, 3.63) is 60.9 Å². The van der Waals surface area contributed by atoms with Crippen molar-refractivity contribution in [2.45, 2.75) is 19.0 Å². The number of carbonyl (C=O) groups excluding carboxylic acids is 1. The van der Waals surface area contributed by atoms with E-state index in [2.05, 4.69) is 17.0 Å². The van der Waals surface area contributed by atoms with Gasteiger partial charge in [0.05, 0.1) is 11.7 Å². The molecule has 1 aromatic heterocycles. The maximum Gasteiger partial charge on any atom is 0.237 e. The van der Waals surface area contributed by atoms with Crippen LogP contribution in [0, 0.1) is 0 Å². The van der Waals surface area contributed by atoms with Crippen LogP contribution in [0.1, 0.15) is 12.0 Å². The van der Waals surface area contributed by atoms with Gasteiger partial charge in [0.1, 0.15) is 0 Å². The van der Waals surface area contributed by atoms with E-state index in [0.29, 0.717) is 13.0 Å². The number of nitrogens with zero attached hydrogens (tertiary/aromatic N) is 2. The van der Waals surface area contributed by atoms with Gasteiger partial charge >= 0.3 is 0 Å². The van der Waals surface area contributed by atoms with Crippen molar-refractivity contribution in [3.8, 4) is 5.69 Å². The molecule has 2 rings (SSSR count).